The van der Waals surface area contributed by atoms with Crippen LogP contribution in [-0.2, 0) is 11.2 Å². The Morgan fingerprint density at radius 3 is 2.42 bits per heavy atom. The van der Waals surface area contributed by atoms with Gasteiger partial charge in [-0.2, -0.15) is 13.2 Å². The first-order valence-corrected chi connectivity index (χ1v) is 6.45. The summed E-state index contributed by atoms with van der Waals surface area (Å²) >= 11 is 5.77. The standard InChI is InChI=1S/C13H17ClF3NO/c14-12-4-2-11(3-5-12)6-8-18-7-1-9-19-10-13(15,16)17/h2-5,18H,1,6-10H2. The average molecular weight is 296 g/mol. The molecule has 1 aromatic carbocycles. The molecular formula is C13H17ClF3NO. The van der Waals surface area contributed by atoms with Crippen molar-refractivity contribution in [2.45, 2.75) is 19.0 Å². The van der Waals surface area contributed by atoms with E-state index in [2.05, 4.69) is 10.1 Å². The molecule has 108 valence electrons. The Balaban J connectivity index is 1.95. The maximum absolute atomic E-state index is 11.8. The van der Waals surface area contributed by atoms with E-state index in [4.69, 9.17) is 11.6 Å². The van der Waals surface area contributed by atoms with E-state index in [1.165, 1.54) is 5.56 Å². The molecule has 1 rings (SSSR count). The van der Waals surface area contributed by atoms with Crippen molar-refractivity contribution in [3.8, 4) is 0 Å². The predicted molar refractivity (Wildman–Crippen MR) is 69.5 cm³/mol. The van der Waals surface area contributed by atoms with Crippen molar-refractivity contribution in [3.63, 3.8) is 0 Å². The minimum Gasteiger partial charge on any atom is -0.372 e. The second kappa shape index (κ2) is 8.40. The van der Waals surface area contributed by atoms with Crippen LogP contribution in [0.25, 0.3) is 0 Å². The molecule has 1 N–H and O–H groups in total. The zero-order chi connectivity index (χ0) is 14.1. The Hall–Kier alpha value is -0.780. The number of benzene rings is 1. The summed E-state index contributed by atoms with van der Waals surface area (Å²) in [6, 6.07) is 7.58. The molecule has 0 saturated heterocycles. The minimum absolute atomic E-state index is 0.119. The summed E-state index contributed by atoms with van der Waals surface area (Å²) < 4.78 is 39.8. The fourth-order valence-corrected chi connectivity index (χ4v) is 1.62. The zero-order valence-corrected chi connectivity index (χ0v) is 11.2. The lowest BCUT2D eigenvalue weighted by atomic mass is 10.1. The third kappa shape index (κ3) is 8.86. The van der Waals surface area contributed by atoms with Crippen LogP contribution in [0.3, 0.4) is 0 Å². The molecule has 19 heavy (non-hydrogen) atoms. The molecule has 0 fully saturated rings. The number of rotatable bonds is 8. The quantitative estimate of drug-likeness (QED) is 0.742. The van der Waals surface area contributed by atoms with Crippen LogP contribution in [0.15, 0.2) is 24.3 Å². The van der Waals surface area contributed by atoms with Crippen molar-refractivity contribution >= 4 is 11.6 Å². The van der Waals surface area contributed by atoms with Crippen LogP contribution in [0.4, 0.5) is 13.2 Å². The zero-order valence-electron chi connectivity index (χ0n) is 10.5. The first kappa shape index (κ1) is 16.3. The average Bonchev–Trinajstić information content (AvgIpc) is 2.33. The SMILES string of the molecule is FC(F)(F)COCCCNCCc1ccc(Cl)cc1. The lowest BCUT2D eigenvalue weighted by Crippen LogP contribution is -2.22. The number of ether oxygens (including phenoxy) is 1. The highest BCUT2D eigenvalue weighted by Crippen LogP contribution is 2.14. The highest BCUT2D eigenvalue weighted by atomic mass is 35.5. The van der Waals surface area contributed by atoms with E-state index in [-0.39, 0.29) is 6.61 Å². The summed E-state index contributed by atoms with van der Waals surface area (Å²) in [5, 5.41) is 3.86. The number of hydrogen-bond donors (Lipinski definition) is 1. The molecule has 0 radical (unpaired) electrons. The Kier molecular flexibility index (Phi) is 7.20. The van der Waals surface area contributed by atoms with Gasteiger partial charge in [-0.05, 0) is 43.6 Å². The summed E-state index contributed by atoms with van der Waals surface area (Å²) in [6.45, 7) is 0.373. The first-order chi connectivity index (χ1) is 8.97. The van der Waals surface area contributed by atoms with Gasteiger partial charge in [0.1, 0.15) is 6.61 Å². The lowest BCUT2D eigenvalue weighted by Gasteiger charge is -2.08. The fraction of sp³-hybridized carbons (Fsp3) is 0.538. The summed E-state index contributed by atoms with van der Waals surface area (Å²) in [7, 11) is 0. The van der Waals surface area contributed by atoms with E-state index in [9.17, 15) is 13.2 Å². The van der Waals surface area contributed by atoms with Crippen LogP contribution >= 0.6 is 11.6 Å². The molecule has 0 unspecified atom stereocenters. The summed E-state index contributed by atoms with van der Waals surface area (Å²) in [5.41, 5.74) is 1.17. The van der Waals surface area contributed by atoms with Crippen molar-refractivity contribution in [2.75, 3.05) is 26.3 Å². The summed E-state index contributed by atoms with van der Waals surface area (Å²) in [6.07, 6.45) is -2.81. The molecule has 0 atom stereocenters. The molecule has 0 spiro atoms. The van der Waals surface area contributed by atoms with Gasteiger partial charge in [0, 0.05) is 11.6 Å². The highest BCUT2D eigenvalue weighted by Gasteiger charge is 2.27. The number of halogens is 4. The van der Waals surface area contributed by atoms with Gasteiger partial charge in [-0.25, -0.2) is 0 Å². The molecule has 0 heterocycles. The van der Waals surface area contributed by atoms with Crippen LogP contribution < -0.4 is 5.32 Å². The first-order valence-electron chi connectivity index (χ1n) is 6.07. The Labute approximate surface area is 115 Å². The van der Waals surface area contributed by atoms with E-state index in [0.717, 1.165) is 13.0 Å². The number of alkyl halides is 3. The molecule has 6 heteroatoms. The van der Waals surface area contributed by atoms with Crippen LogP contribution in [0.2, 0.25) is 5.02 Å². The van der Waals surface area contributed by atoms with Crippen molar-refractivity contribution in [2.24, 2.45) is 0 Å². The topological polar surface area (TPSA) is 21.3 Å². The second-order valence-electron chi connectivity index (χ2n) is 4.15. The van der Waals surface area contributed by atoms with E-state index >= 15 is 0 Å². The van der Waals surface area contributed by atoms with Gasteiger partial charge >= 0.3 is 6.18 Å². The van der Waals surface area contributed by atoms with E-state index < -0.39 is 12.8 Å². The van der Waals surface area contributed by atoms with Crippen molar-refractivity contribution in [1.82, 2.24) is 5.32 Å². The molecule has 0 saturated carbocycles. The summed E-state index contributed by atoms with van der Waals surface area (Å²) in [5.74, 6) is 0. The van der Waals surface area contributed by atoms with E-state index in [1.54, 1.807) is 0 Å². The molecule has 0 amide bonds. The van der Waals surface area contributed by atoms with E-state index in [0.29, 0.717) is 18.0 Å². The molecule has 0 aliphatic heterocycles. The van der Waals surface area contributed by atoms with Crippen molar-refractivity contribution in [3.05, 3.63) is 34.9 Å². The highest BCUT2D eigenvalue weighted by molar-refractivity contribution is 6.30. The largest absolute Gasteiger partial charge is 0.411 e. The Morgan fingerprint density at radius 1 is 1.11 bits per heavy atom. The molecular weight excluding hydrogens is 279 g/mol. The van der Waals surface area contributed by atoms with Gasteiger partial charge in [0.15, 0.2) is 0 Å². The summed E-state index contributed by atoms with van der Waals surface area (Å²) in [4.78, 5) is 0. The predicted octanol–water partition coefficient (Wildman–Crippen LogP) is 3.44. The fourth-order valence-electron chi connectivity index (χ4n) is 1.50. The molecule has 0 aliphatic carbocycles. The molecule has 0 aliphatic rings. The smallest absolute Gasteiger partial charge is 0.372 e. The van der Waals surface area contributed by atoms with Crippen LogP contribution in [0.1, 0.15) is 12.0 Å². The lowest BCUT2D eigenvalue weighted by molar-refractivity contribution is -0.173. The van der Waals surface area contributed by atoms with Gasteiger partial charge in [0.2, 0.25) is 0 Å². The molecule has 1 aromatic rings. The van der Waals surface area contributed by atoms with Crippen molar-refractivity contribution < 1.29 is 17.9 Å². The molecule has 2 nitrogen and oxygen atoms in total. The van der Waals surface area contributed by atoms with Crippen LogP contribution in [-0.4, -0.2) is 32.5 Å². The normalized spacial score (nSPS) is 11.8. The minimum atomic E-state index is -4.23. The Bertz CT molecular complexity index is 354. The number of nitrogens with one attached hydrogen (secondary N) is 1. The maximum atomic E-state index is 11.8. The maximum Gasteiger partial charge on any atom is 0.411 e. The van der Waals surface area contributed by atoms with Gasteiger partial charge < -0.3 is 10.1 Å². The van der Waals surface area contributed by atoms with Crippen molar-refractivity contribution in [1.29, 1.82) is 0 Å². The Morgan fingerprint density at radius 2 is 1.79 bits per heavy atom. The van der Waals surface area contributed by atoms with E-state index in [1.807, 2.05) is 24.3 Å². The van der Waals surface area contributed by atoms with Crippen LogP contribution in [0.5, 0.6) is 0 Å². The third-order valence-corrected chi connectivity index (χ3v) is 2.66. The van der Waals surface area contributed by atoms with Gasteiger partial charge in [0.05, 0.1) is 0 Å². The van der Waals surface area contributed by atoms with Gasteiger partial charge in [-0.3, -0.25) is 0 Å². The van der Waals surface area contributed by atoms with Gasteiger partial charge in [0.25, 0.3) is 0 Å². The molecule has 0 aromatic heterocycles. The second-order valence-corrected chi connectivity index (χ2v) is 4.58. The number of hydrogen-bond acceptors (Lipinski definition) is 2. The third-order valence-electron chi connectivity index (χ3n) is 2.41. The van der Waals surface area contributed by atoms with Gasteiger partial charge in [-0.15, -0.1) is 0 Å². The molecule has 0 bridgehead atoms. The van der Waals surface area contributed by atoms with Crippen LogP contribution in [0, 0.1) is 0 Å². The monoisotopic (exact) mass is 295 g/mol. The van der Waals surface area contributed by atoms with Gasteiger partial charge in [-0.1, -0.05) is 23.7 Å².